The van der Waals surface area contributed by atoms with Gasteiger partial charge in [0.2, 0.25) is 0 Å². The van der Waals surface area contributed by atoms with Crippen LogP contribution in [0.1, 0.15) is 69.4 Å². The van der Waals surface area contributed by atoms with E-state index in [1.807, 2.05) is 12.1 Å². The van der Waals surface area contributed by atoms with Crippen molar-refractivity contribution in [3.8, 4) is 5.75 Å². The van der Waals surface area contributed by atoms with E-state index in [1.54, 1.807) is 5.56 Å². The van der Waals surface area contributed by atoms with Crippen molar-refractivity contribution in [1.29, 1.82) is 0 Å². The molecule has 0 amide bonds. The standard InChI is InChI=1S/C20H28O/c1-3-20(2)11-10-18-17-6-4-13-12-14(21)5-7-15(13)16(17)8-9-19(18)20/h5,7,12,16-19,21H,3-4,6,8-11H2,1-2H3/t16-,17-,18-,19-,20-/m0/s1. The first-order valence-electron chi connectivity index (χ1n) is 8.94. The Morgan fingerprint density at radius 2 is 2.00 bits per heavy atom. The van der Waals surface area contributed by atoms with Crippen LogP contribution < -0.4 is 0 Å². The zero-order valence-electron chi connectivity index (χ0n) is 13.4. The summed E-state index contributed by atoms with van der Waals surface area (Å²) >= 11 is 0. The number of aromatic hydroxyl groups is 1. The van der Waals surface area contributed by atoms with Gasteiger partial charge in [0.25, 0.3) is 0 Å². The molecule has 0 aliphatic heterocycles. The van der Waals surface area contributed by atoms with E-state index >= 15 is 0 Å². The molecule has 5 atom stereocenters. The van der Waals surface area contributed by atoms with Gasteiger partial charge in [-0.2, -0.15) is 0 Å². The van der Waals surface area contributed by atoms with Gasteiger partial charge in [-0.15, -0.1) is 0 Å². The predicted molar refractivity (Wildman–Crippen MR) is 86.5 cm³/mol. The molecule has 0 spiro atoms. The van der Waals surface area contributed by atoms with Gasteiger partial charge in [0, 0.05) is 0 Å². The fourth-order valence-corrected chi connectivity index (χ4v) is 6.08. The van der Waals surface area contributed by atoms with Gasteiger partial charge in [-0.05, 0) is 90.9 Å². The van der Waals surface area contributed by atoms with Gasteiger partial charge in [0.1, 0.15) is 5.75 Å². The minimum Gasteiger partial charge on any atom is -0.508 e. The van der Waals surface area contributed by atoms with Crippen LogP contribution in [0.3, 0.4) is 0 Å². The Morgan fingerprint density at radius 1 is 1.14 bits per heavy atom. The third kappa shape index (κ3) is 1.96. The first kappa shape index (κ1) is 13.7. The largest absolute Gasteiger partial charge is 0.508 e. The second-order valence-corrected chi connectivity index (χ2v) is 8.09. The maximum Gasteiger partial charge on any atom is 0.115 e. The number of benzene rings is 1. The Balaban J connectivity index is 1.66. The maximum absolute atomic E-state index is 9.74. The molecule has 0 aromatic heterocycles. The molecule has 1 aromatic carbocycles. The molecule has 1 N–H and O–H groups in total. The van der Waals surface area contributed by atoms with Crippen molar-refractivity contribution in [3.63, 3.8) is 0 Å². The Bertz CT molecular complexity index is 549. The first-order valence-corrected chi connectivity index (χ1v) is 8.94. The molecule has 0 bridgehead atoms. The van der Waals surface area contributed by atoms with E-state index in [9.17, 15) is 5.11 Å². The number of hydrogen-bond acceptors (Lipinski definition) is 1. The highest BCUT2D eigenvalue weighted by Crippen LogP contribution is 2.61. The molecule has 0 unspecified atom stereocenters. The summed E-state index contributed by atoms with van der Waals surface area (Å²) in [6, 6.07) is 6.14. The lowest BCUT2D eigenvalue weighted by Crippen LogP contribution is -2.38. The number of phenols is 1. The average Bonchev–Trinajstić information content (AvgIpc) is 2.85. The SMILES string of the molecule is CC[C@@]1(C)CC[C@H]2[C@H]3CCc4cc(O)ccc4[C@@H]3CC[C@@H]21. The molecule has 0 heterocycles. The highest BCUT2D eigenvalue weighted by atomic mass is 16.3. The molecule has 114 valence electrons. The van der Waals surface area contributed by atoms with Crippen LogP contribution >= 0.6 is 0 Å². The van der Waals surface area contributed by atoms with Crippen LogP contribution in [0.2, 0.25) is 0 Å². The number of rotatable bonds is 1. The lowest BCUT2D eigenvalue weighted by molar-refractivity contribution is 0.0740. The summed E-state index contributed by atoms with van der Waals surface area (Å²) in [5.74, 6) is 4.07. The van der Waals surface area contributed by atoms with Crippen LogP contribution in [0.5, 0.6) is 5.75 Å². The summed E-state index contributed by atoms with van der Waals surface area (Å²) < 4.78 is 0. The van der Waals surface area contributed by atoms with Crippen LogP contribution in [-0.2, 0) is 6.42 Å². The predicted octanol–water partition coefficient (Wildman–Crippen LogP) is 5.27. The molecule has 1 heteroatoms. The number of aryl methyl sites for hydroxylation is 1. The van der Waals surface area contributed by atoms with Crippen molar-refractivity contribution >= 4 is 0 Å². The third-order valence-corrected chi connectivity index (χ3v) is 7.40. The smallest absolute Gasteiger partial charge is 0.115 e. The normalized spacial score (nSPS) is 41.2. The number of fused-ring (bicyclic) bond motifs is 5. The Kier molecular flexibility index (Phi) is 3.10. The molecular weight excluding hydrogens is 256 g/mol. The van der Waals surface area contributed by atoms with E-state index in [0.29, 0.717) is 11.2 Å². The van der Waals surface area contributed by atoms with Gasteiger partial charge < -0.3 is 5.11 Å². The highest BCUT2D eigenvalue weighted by Gasteiger charge is 2.51. The van der Waals surface area contributed by atoms with E-state index in [-0.39, 0.29) is 0 Å². The Morgan fingerprint density at radius 3 is 2.81 bits per heavy atom. The summed E-state index contributed by atoms with van der Waals surface area (Å²) in [4.78, 5) is 0. The molecule has 0 saturated heterocycles. The van der Waals surface area contributed by atoms with E-state index < -0.39 is 0 Å². The lowest BCUT2D eigenvalue weighted by Gasteiger charge is -2.47. The van der Waals surface area contributed by atoms with Crippen LogP contribution in [0, 0.1) is 23.2 Å². The summed E-state index contributed by atoms with van der Waals surface area (Å²) in [6.07, 6.45) is 9.60. The zero-order chi connectivity index (χ0) is 14.6. The van der Waals surface area contributed by atoms with Crippen molar-refractivity contribution < 1.29 is 5.11 Å². The van der Waals surface area contributed by atoms with Crippen molar-refractivity contribution in [1.82, 2.24) is 0 Å². The second kappa shape index (κ2) is 4.76. The monoisotopic (exact) mass is 284 g/mol. The lowest BCUT2D eigenvalue weighted by atomic mass is 9.58. The van der Waals surface area contributed by atoms with E-state index in [4.69, 9.17) is 0 Å². The summed E-state index contributed by atoms with van der Waals surface area (Å²) in [5.41, 5.74) is 3.60. The van der Waals surface area contributed by atoms with Gasteiger partial charge >= 0.3 is 0 Å². The summed E-state index contributed by atoms with van der Waals surface area (Å²) in [5, 5.41) is 9.74. The van der Waals surface area contributed by atoms with Crippen LogP contribution in [0.4, 0.5) is 0 Å². The molecule has 1 aromatic rings. The topological polar surface area (TPSA) is 20.2 Å². The van der Waals surface area contributed by atoms with Crippen molar-refractivity contribution in [2.75, 3.05) is 0 Å². The quantitative estimate of drug-likeness (QED) is 0.744. The second-order valence-electron chi connectivity index (χ2n) is 8.09. The molecule has 3 aliphatic carbocycles. The molecule has 2 fully saturated rings. The van der Waals surface area contributed by atoms with Gasteiger partial charge in [-0.3, -0.25) is 0 Å². The van der Waals surface area contributed by atoms with Gasteiger partial charge in [0.15, 0.2) is 0 Å². The molecule has 3 aliphatic rings. The summed E-state index contributed by atoms with van der Waals surface area (Å²) in [6.45, 7) is 4.94. The first-order chi connectivity index (χ1) is 10.1. The fourth-order valence-electron chi connectivity index (χ4n) is 6.08. The molecular formula is C20H28O. The van der Waals surface area contributed by atoms with Crippen LogP contribution in [-0.4, -0.2) is 5.11 Å². The van der Waals surface area contributed by atoms with Gasteiger partial charge in [-0.1, -0.05) is 26.3 Å². The highest BCUT2D eigenvalue weighted by molar-refractivity contribution is 5.40. The molecule has 1 nitrogen and oxygen atoms in total. The number of hydrogen-bond donors (Lipinski definition) is 1. The minimum absolute atomic E-state index is 0.445. The molecule has 21 heavy (non-hydrogen) atoms. The molecule has 4 rings (SSSR count). The van der Waals surface area contributed by atoms with Crippen LogP contribution in [0.25, 0.3) is 0 Å². The van der Waals surface area contributed by atoms with Gasteiger partial charge in [-0.25, -0.2) is 0 Å². The van der Waals surface area contributed by atoms with Crippen LogP contribution in [0.15, 0.2) is 18.2 Å². The molecule has 0 radical (unpaired) electrons. The van der Waals surface area contributed by atoms with E-state index in [1.165, 1.54) is 50.5 Å². The summed E-state index contributed by atoms with van der Waals surface area (Å²) in [7, 11) is 0. The fraction of sp³-hybridized carbons (Fsp3) is 0.700. The van der Waals surface area contributed by atoms with E-state index in [0.717, 1.165) is 23.7 Å². The Labute approximate surface area is 128 Å². The van der Waals surface area contributed by atoms with Crippen molar-refractivity contribution in [2.24, 2.45) is 23.2 Å². The third-order valence-electron chi connectivity index (χ3n) is 7.40. The van der Waals surface area contributed by atoms with Crippen molar-refractivity contribution in [3.05, 3.63) is 29.3 Å². The minimum atomic E-state index is 0.445. The van der Waals surface area contributed by atoms with Gasteiger partial charge in [0.05, 0.1) is 0 Å². The zero-order valence-corrected chi connectivity index (χ0v) is 13.4. The Hall–Kier alpha value is -0.980. The maximum atomic E-state index is 9.74. The van der Waals surface area contributed by atoms with Crippen molar-refractivity contribution in [2.45, 2.75) is 64.7 Å². The van der Waals surface area contributed by atoms with E-state index in [2.05, 4.69) is 19.9 Å². The number of phenolic OH excluding ortho intramolecular Hbond substituents is 1. The molecule has 2 saturated carbocycles. The average molecular weight is 284 g/mol.